The predicted octanol–water partition coefficient (Wildman–Crippen LogP) is 0.914. The third-order valence-electron chi connectivity index (χ3n) is 0.900. The lowest BCUT2D eigenvalue weighted by Crippen LogP contribution is -2.16. The molecule has 0 aliphatic heterocycles. The molecule has 1 heterocycles. The minimum atomic E-state index is -4.35. The predicted molar refractivity (Wildman–Crippen MR) is 25.8 cm³/mol. The molecule has 1 rings (SSSR count). The molecule has 0 aromatic carbocycles. The first-order valence-electron chi connectivity index (χ1n) is 2.51. The molecule has 0 radical (unpaired) electrons. The number of aromatic amines is 1. The average Bonchev–Trinajstić information content (AvgIpc) is 1.88. The summed E-state index contributed by atoms with van der Waals surface area (Å²) in [5.41, 5.74) is -0.907. The van der Waals surface area contributed by atoms with Crippen LogP contribution in [-0.2, 0) is 6.18 Å². The van der Waals surface area contributed by atoms with E-state index in [0.717, 1.165) is 6.07 Å². The van der Waals surface area contributed by atoms with Gasteiger partial charge in [0.2, 0.25) is 5.69 Å². The van der Waals surface area contributed by atoms with Crippen molar-refractivity contribution in [2.75, 3.05) is 0 Å². The van der Waals surface area contributed by atoms with Gasteiger partial charge in [-0.15, -0.1) is 5.10 Å². The Hall–Kier alpha value is -1.13. The van der Waals surface area contributed by atoms with Gasteiger partial charge in [-0.25, -0.2) is 0 Å². The molecule has 0 bridgehead atoms. The third-order valence-corrected chi connectivity index (χ3v) is 0.900. The van der Waals surface area contributed by atoms with Crippen molar-refractivity contribution in [2.45, 2.75) is 6.18 Å². The first-order chi connectivity index (χ1) is 4.61. The monoisotopic (exact) mass is 149 g/mol. The van der Waals surface area contributed by atoms with Gasteiger partial charge in [-0.05, 0) is 6.07 Å². The van der Waals surface area contributed by atoms with Crippen LogP contribution in [0.5, 0.6) is 0 Å². The number of hydrogen-bond donors (Lipinski definition) is 0. The van der Waals surface area contributed by atoms with Crippen LogP contribution in [0.2, 0.25) is 0 Å². The fourth-order valence-corrected chi connectivity index (χ4v) is 0.484. The number of aromatic nitrogens is 2. The van der Waals surface area contributed by atoms with Crippen molar-refractivity contribution in [3.63, 3.8) is 0 Å². The lowest BCUT2D eigenvalue weighted by molar-refractivity contribution is -0.459. The molecule has 0 spiro atoms. The Labute approximate surface area is 54.7 Å². The summed E-state index contributed by atoms with van der Waals surface area (Å²) in [6, 6.07) is 2.15. The third kappa shape index (κ3) is 1.43. The number of halogens is 3. The van der Waals surface area contributed by atoms with E-state index in [0.29, 0.717) is 0 Å². The smallest absolute Gasteiger partial charge is 0.164 e. The van der Waals surface area contributed by atoms with E-state index < -0.39 is 11.9 Å². The van der Waals surface area contributed by atoms with Crippen molar-refractivity contribution in [1.82, 2.24) is 5.10 Å². The van der Waals surface area contributed by atoms with Crippen LogP contribution in [0.15, 0.2) is 18.3 Å². The molecular weight excluding hydrogens is 145 g/mol. The van der Waals surface area contributed by atoms with Crippen LogP contribution in [0.25, 0.3) is 0 Å². The fraction of sp³-hybridized carbons (Fsp3) is 0.200. The van der Waals surface area contributed by atoms with Crippen molar-refractivity contribution in [3.05, 3.63) is 24.0 Å². The summed E-state index contributed by atoms with van der Waals surface area (Å²) in [5, 5.41) is 5.10. The van der Waals surface area contributed by atoms with Crippen LogP contribution in [0.3, 0.4) is 0 Å². The van der Waals surface area contributed by atoms with Gasteiger partial charge in [0.15, 0.2) is 6.20 Å². The summed E-state index contributed by atoms with van der Waals surface area (Å²) >= 11 is 0. The minimum Gasteiger partial charge on any atom is -0.164 e. The zero-order valence-corrected chi connectivity index (χ0v) is 4.81. The zero-order chi connectivity index (χ0) is 7.61. The summed E-state index contributed by atoms with van der Waals surface area (Å²) in [6.45, 7) is 0. The Bertz CT molecular complexity index is 206. The molecule has 0 saturated heterocycles. The number of nitrogens with one attached hydrogen (secondary N) is 1. The number of rotatable bonds is 0. The molecule has 0 amide bonds. The van der Waals surface area contributed by atoms with E-state index in [9.17, 15) is 13.2 Å². The Morgan fingerprint density at radius 1 is 1.40 bits per heavy atom. The molecule has 1 aromatic heterocycles. The minimum absolute atomic E-state index is 0.899. The lowest BCUT2D eigenvalue weighted by atomic mass is 10.4. The van der Waals surface area contributed by atoms with Crippen molar-refractivity contribution in [2.24, 2.45) is 0 Å². The van der Waals surface area contributed by atoms with E-state index in [1.165, 1.54) is 12.3 Å². The van der Waals surface area contributed by atoms with Crippen molar-refractivity contribution >= 4 is 0 Å². The van der Waals surface area contributed by atoms with Gasteiger partial charge < -0.3 is 0 Å². The number of nitrogens with zero attached hydrogens (tertiary/aromatic N) is 1. The number of H-pyrrole nitrogens is 1. The number of alkyl halides is 3. The van der Waals surface area contributed by atoms with Gasteiger partial charge in [-0.3, -0.25) is 0 Å². The highest BCUT2D eigenvalue weighted by Gasteiger charge is 2.34. The maximum absolute atomic E-state index is 11.7. The van der Waals surface area contributed by atoms with Crippen LogP contribution >= 0.6 is 0 Å². The topological polar surface area (TPSA) is 27.0 Å². The van der Waals surface area contributed by atoms with Gasteiger partial charge in [0.1, 0.15) is 0 Å². The van der Waals surface area contributed by atoms with Crippen molar-refractivity contribution < 1.29 is 18.3 Å². The molecule has 0 fully saturated rings. The molecule has 1 aromatic rings. The van der Waals surface area contributed by atoms with E-state index in [1.807, 2.05) is 0 Å². The second-order valence-electron chi connectivity index (χ2n) is 1.65. The van der Waals surface area contributed by atoms with E-state index in [4.69, 9.17) is 0 Å². The van der Waals surface area contributed by atoms with E-state index >= 15 is 0 Å². The van der Waals surface area contributed by atoms with Gasteiger partial charge in [0.05, 0.1) is 0 Å². The molecule has 0 saturated carbocycles. The Kier molecular flexibility index (Phi) is 1.57. The zero-order valence-electron chi connectivity index (χ0n) is 4.81. The summed E-state index contributed by atoms with van der Waals surface area (Å²) < 4.78 is 35.1. The van der Waals surface area contributed by atoms with Gasteiger partial charge in [0, 0.05) is 11.2 Å². The maximum Gasteiger partial charge on any atom is 0.439 e. The Morgan fingerprint density at radius 3 is 2.40 bits per heavy atom. The van der Waals surface area contributed by atoms with Crippen molar-refractivity contribution in [1.29, 1.82) is 0 Å². The second kappa shape index (κ2) is 2.24. The first-order valence-corrected chi connectivity index (χ1v) is 2.51. The van der Waals surface area contributed by atoms with Gasteiger partial charge >= 0.3 is 6.18 Å². The lowest BCUT2D eigenvalue weighted by Gasteiger charge is -1.98. The highest BCUT2D eigenvalue weighted by molar-refractivity contribution is 5.00. The molecule has 54 valence electrons. The molecule has 0 unspecified atom stereocenters. The van der Waals surface area contributed by atoms with Crippen LogP contribution in [0.4, 0.5) is 13.2 Å². The van der Waals surface area contributed by atoms with Crippen LogP contribution in [0.1, 0.15) is 5.69 Å². The van der Waals surface area contributed by atoms with Gasteiger partial charge in [-0.1, -0.05) is 0 Å². The molecule has 10 heavy (non-hydrogen) atoms. The fourth-order valence-electron chi connectivity index (χ4n) is 0.484. The largest absolute Gasteiger partial charge is 0.439 e. The Morgan fingerprint density at radius 2 is 2.10 bits per heavy atom. The second-order valence-corrected chi connectivity index (χ2v) is 1.65. The van der Waals surface area contributed by atoms with E-state index in [1.54, 1.807) is 0 Å². The standard InChI is InChI=1S/C5H3F3N2/c6-5(7,8)4-2-1-3-9-10-4/h1-3H/p+1. The maximum atomic E-state index is 11.7. The molecule has 0 aliphatic carbocycles. The summed E-state index contributed by atoms with van der Waals surface area (Å²) in [6.07, 6.45) is -3.03. The molecule has 1 N–H and O–H groups in total. The molecule has 2 nitrogen and oxygen atoms in total. The number of hydrogen-bond acceptors (Lipinski definition) is 1. The van der Waals surface area contributed by atoms with Gasteiger partial charge in [-0.2, -0.15) is 13.2 Å². The van der Waals surface area contributed by atoms with E-state index in [2.05, 4.69) is 10.2 Å². The first kappa shape index (κ1) is 6.98. The van der Waals surface area contributed by atoms with Crippen LogP contribution in [-0.4, -0.2) is 5.10 Å². The average molecular weight is 149 g/mol. The van der Waals surface area contributed by atoms with Gasteiger partial charge in [0.25, 0.3) is 0 Å². The molecule has 5 heteroatoms. The quantitative estimate of drug-likeness (QED) is 0.538. The van der Waals surface area contributed by atoms with E-state index in [-0.39, 0.29) is 0 Å². The summed E-state index contributed by atoms with van der Waals surface area (Å²) in [4.78, 5) is 0. The van der Waals surface area contributed by atoms with Crippen LogP contribution in [0, 0.1) is 0 Å². The molecule has 0 aliphatic rings. The highest BCUT2D eigenvalue weighted by Crippen LogP contribution is 2.25. The Balaban J connectivity index is 2.97. The highest BCUT2D eigenvalue weighted by atomic mass is 19.4. The molecule has 0 atom stereocenters. The SMILES string of the molecule is FC(F)(F)c1ccc[nH+]n1. The summed E-state index contributed by atoms with van der Waals surface area (Å²) in [7, 11) is 0. The normalized spacial score (nSPS) is 11.5. The van der Waals surface area contributed by atoms with Crippen LogP contribution < -0.4 is 5.10 Å². The van der Waals surface area contributed by atoms with Crippen molar-refractivity contribution in [3.8, 4) is 0 Å². The summed E-state index contributed by atoms with van der Waals surface area (Å²) in [5.74, 6) is 0. The molecular formula is C5H4F3N2+.